The fourth-order valence-corrected chi connectivity index (χ4v) is 2.44. The molecule has 1 amide bonds. The van der Waals surface area contributed by atoms with Crippen molar-refractivity contribution in [2.24, 2.45) is 0 Å². The topological polar surface area (TPSA) is 41.6 Å². The van der Waals surface area contributed by atoms with E-state index in [1.807, 2.05) is 6.07 Å². The zero-order valence-corrected chi connectivity index (χ0v) is 14.1. The van der Waals surface area contributed by atoms with Crippen LogP contribution in [-0.4, -0.2) is 43.7 Å². The fourth-order valence-electron chi connectivity index (χ4n) is 2.12. The van der Waals surface area contributed by atoms with Crippen molar-refractivity contribution >= 4 is 41.5 Å². The van der Waals surface area contributed by atoms with Crippen molar-refractivity contribution in [1.29, 1.82) is 0 Å². The zero-order chi connectivity index (χ0) is 14.5. The van der Waals surface area contributed by atoms with Gasteiger partial charge in [0.25, 0.3) is 0 Å². The van der Waals surface area contributed by atoms with Crippen LogP contribution in [0.25, 0.3) is 0 Å². The Balaban J connectivity index is 0.00000220. The zero-order valence-electron chi connectivity index (χ0n) is 11.8. The van der Waals surface area contributed by atoms with Crippen molar-refractivity contribution in [3.63, 3.8) is 0 Å². The Morgan fingerprint density at radius 2 is 2.19 bits per heavy atom. The van der Waals surface area contributed by atoms with Crippen molar-refractivity contribution in [1.82, 2.24) is 10.2 Å². The van der Waals surface area contributed by atoms with Gasteiger partial charge in [0.2, 0.25) is 5.91 Å². The third-order valence-electron chi connectivity index (χ3n) is 3.25. The Hall–Kier alpha value is -0.520. The van der Waals surface area contributed by atoms with Gasteiger partial charge in [-0.1, -0.05) is 29.3 Å². The first-order valence-corrected chi connectivity index (χ1v) is 7.31. The summed E-state index contributed by atoms with van der Waals surface area (Å²) >= 11 is 11.8. The number of morpholine rings is 1. The van der Waals surface area contributed by atoms with E-state index in [0.29, 0.717) is 36.2 Å². The summed E-state index contributed by atoms with van der Waals surface area (Å²) in [5, 5.41) is 4.30. The molecule has 0 spiro atoms. The van der Waals surface area contributed by atoms with Gasteiger partial charge < -0.3 is 15.0 Å². The third-order valence-corrected chi connectivity index (χ3v) is 3.99. The molecule has 0 aliphatic carbocycles. The molecule has 1 saturated heterocycles. The second kappa shape index (κ2) is 8.81. The number of hydrogen-bond donors (Lipinski definition) is 1. The maximum absolute atomic E-state index is 12.1. The van der Waals surface area contributed by atoms with E-state index in [4.69, 9.17) is 27.9 Å². The third kappa shape index (κ3) is 5.64. The Bertz CT molecular complexity index is 479. The average Bonchev–Trinajstić information content (AvgIpc) is 2.44. The largest absolute Gasteiger partial charge is 0.378 e. The van der Waals surface area contributed by atoms with Gasteiger partial charge in [0.05, 0.1) is 23.3 Å². The van der Waals surface area contributed by atoms with Crippen LogP contribution in [0.3, 0.4) is 0 Å². The van der Waals surface area contributed by atoms with Gasteiger partial charge in [0.1, 0.15) is 0 Å². The Kier molecular flexibility index (Phi) is 7.77. The van der Waals surface area contributed by atoms with Crippen LogP contribution in [0, 0.1) is 0 Å². The minimum atomic E-state index is 0. The first-order valence-electron chi connectivity index (χ1n) is 6.55. The van der Waals surface area contributed by atoms with Crippen molar-refractivity contribution < 1.29 is 9.53 Å². The first-order chi connectivity index (χ1) is 9.56. The highest BCUT2D eigenvalue weighted by Crippen LogP contribution is 2.23. The molecule has 4 nitrogen and oxygen atoms in total. The molecule has 0 saturated carbocycles. The highest BCUT2D eigenvalue weighted by atomic mass is 35.5. The number of nitrogens with zero attached hydrogens (tertiary/aromatic N) is 1. The lowest BCUT2D eigenvalue weighted by Crippen LogP contribution is -2.44. The van der Waals surface area contributed by atoms with Crippen molar-refractivity contribution in [3.05, 3.63) is 33.8 Å². The molecule has 21 heavy (non-hydrogen) atoms. The molecule has 1 aromatic rings. The summed E-state index contributed by atoms with van der Waals surface area (Å²) in [4.78, 5) is 13.8. The number of carbonyl (C=O) groups excluding carboxylic acids is 1. The van der Waals surface area contributed by atoms with Gasteiger partial charge in [-0.15, -0.1) is 12.4 Å². The maximum Gasteiger partial charge on any atom is 0.224 e. The smallest absolute Gasteiger partial charge is 0.224 e. The van der Waals surface area contributed by atoms with E-state index < -0.39 is 0 Å². The average molecular weight is 354 g/mol. The van der Waals surface area contributed by atoms with Gasteiger partial charge in [-0.25, -0.2) is 0 Å². The Morgan fingerprint density at radius 1 is 1.43 bits per heavy atom. The number of nitrogens with one attached hydrogen (secondary N) is 1. The van der Waals surface area contributed by atoms with Crippen LogP contribution in [-0.2, 0) is 16.1 Å². The van der Waals surface area contributed by atoms with Crippen molar-refractivity contribution in [3.8, 4) is 0 Å². The van der Waals surface area contributed by atoms with Crippen molar-refractivity contribution in [2.45, 2.75) is 19.0 Å². The van der Waals surface area contributed by atoms with E-state index in [-0.39, 0.29) is 24.4 Å². The number of halogens is 3. The number of hydrogen-bond acceptors (Lipinski definition) is 3. The van der Waals surface area contributed by atoms with E-state index in [9.17, 15) is 4.79 Å². The molecule has 118 valence electrons. The summed E-state index contributed by atoms with van der Waals surface area (Å²) in [5.41, 5.74) is 0.961. The summed E-state index contributed by atoms with van der Waals surface area (Å²) in [7, 11) is 1.79. The van der Waals surface area contributed by atoms with Gasteiger partial charge in [-0.2, -0.15) is 0 Å². The molecule has 1 N–H and O–H groups in total. The van der Waals surface area contributed by atoms with Crippen LogP contribution in [0.4, 0.5) is 0 Å². The van der Waals surface area contributed by atoms with E-state index in [1.165, 1.54) is 0 Å². The maximum atomic E-state index is 12.1. The highest BCUT2D eigenvalue weighted by molar-refractivity contribution is 6.42. The minimum absolute atomic E-state index is 0. The first kappa shape index (κ1) is 18.5. The Morgan fingerprint density at radius 3 is 2.81 bits per heavy atom. The summed E-state index contributed by atoms with van der Waals surface area (Å²) in [5.74, 6) is 0.0825. The van der Waals surface area contributed by atoms with Crippen LogP contribution in [0.2, 0.25) is 10.0 Å². The van der Waals surface area contributed by atoms with Crippen LogP contribution in [0.15, 0.2) is 18.2 Å². The molecule has 1 atom stereocenters. The minimum Gasteiger partial charge on any atom is -0.378 e. The summed E-state index contributed by atoms with van der Waals surface area (Å²) in [6.45, 7) is 2.62. The van der Waals surface area contributed by atoms with Gasteiger partial charge in [0.15, 0.2) is 0 Å². The van der Waals surface area contributed by atoms with Gasteiger partial charge in [-0.05, 0) is 17.7 Å². The monoisotopic (exact) mass is 352 g/mol. The molecule has 7 heteroatoms. The molecule has 1 aliphatic rings. The molecule has 0 radical (unpaired) electrons. The molecule has 1 heterocycles. The molecule has 0 aromatic heterocycles. The number of rotatable bonds is 4. The molecule has 1 fully saturated rings. The van der Waals surface area contributed by atoms with Crippen LogP contribution in [0.1, 0.15) is 12.0 Å². The lowest BCUT2D eigenvalue weighted by molar-refractivity contribution is -0.131. The number of benzene rings is 1. The summed E-state index contributed by atoms with van der Waals surface area (Å²) in [6.07, 6.45) is 0.442. The standard InChI is InChI=1S/C14H18Cl2N2O2.ClH/c1-18(8-10-2-3-12(15)13(16)6-10)14(19)7-11-9-20-5-4-17-11;/h2-3,6,11,17H,4-5,7-9H2,1H3;1H. The molecular formula is C14H19Cl3N2O2. The Labute approximate surface area is 141 Å². The number of amides is 1. The fraction of sp³-hybridized carbons (Fsp3) is 0.500. The molecule has 1 aromatic carbocycles. The quantitative estimate of drug-likeness (QED) is 0.905. The van der Waals surface area contributed by atoms with Crippen molar-refractivity contribution in [2.75, 3.05) is 26.8 Å². The summed E-state index contributed by atoms with van der Waals surface area (Å²) in [6, 6.07) is 5.51. The SMILES string of the molecule is CN(Cc1ccc(Cl)c(Cl)c1)C(=O)CC1COCCN1.Cl. The van der Waals surface area contributed by atoms with Gasteiger partial charge in [-0.3, -0.25) is 4.79 Å². The molecule has 1 unspecified atom stereocenters. The second-order valence-corrected chi connectivity index (χ2v) is 5.74. The van der Waals surface area contributed by atoms with Crippen LogP contribution >= 0.6 is 35.6 Å². The van der Waals surface area contributed by atoms with E-state index in [0.717, 1.165) is 12.1 Å². The normalized spacial score (nSPS) is 18.0. The molecule has 1 aliphatic heterocycles. The van der Waals surface area contributed by atoms with E-state index in [1.54, 1.807) is 24.1 Å². The van der Waals surface area contributed by atoms with Crippen LogP contribution in [0.5, 0.6) is 0 Å². The van der Waals surface area contributed by atoms with E-state index >= 15 is 0 Å². The van der Waals surface area contributed by atoms with Gasteiger partial charge in [0, 0.05) is 32.6 Å². The molecular weight excluding hydrogens is 335 g/mol. The lowest BCUT2D eigenvalue weighted by atomic mass is 10.1. The predicted molar refractivity (Wildman–Crippen MR) is 87.4 cm³/mol. The highest BCUT2D eigenvalue weighted by Gasteiger charge is 2.19. The van der Waals surface area contributed by atoms with Gasteiger partial charge >= 0.3 is 0 Å². The lowest BCUT2D eigenvalue weighted by Gasteiger charge is -2.25. The molecule has 0 bridgehead atoms. The van der Waals surface area contributed by atoms with E-state index in [2.05, 4.69) is 5.32 Å². The van der Waals surface area contributed by atoms with Crippen LogP contribution < -0.4 is 5.32 Å². The second-order valence-electron chi connectivity index (χ2n) is 4.93. The molecule has 2 rings (SSSR count). The predicted octanol–water partition coefficient (Wildman–Crippen LogP) is 2.75. The summed E-state index contributed by atoms with van der Waals surface area (Å²) < 4.78 is 5.34. The number of ether oxygens (including phenoxy) is 1. The number of carbonyl (C=O) groups is 1.